The van der Waals surface area contributed by atoms with Crippen molar-refractivity contribution in [1.29, 1.82) is 0 Å². The van der Waals surface area contributed by atoms with Crippen molar-refractivity contribution in [2.75, 3.05) is 13.7 Å². The smallest absolute Gasteiger partial charge is 0.336 e. The Kier molecular flexibility index (Phi) is 6.21. The summed E-state index contributed by atoms with van der Waals surface area (Å²) in [5.74, 6) is -0.0640. The predicted molar refractivity (Wildman–Crippen MR) is 90.9 cm³/mol. The largest absolute Gasteiger partial charge is 0.489 e. The summed E-state index contributed by atoms with van der Waals surface area (Å²) in [5.41, 5.74) is 1.74. The Morgan fingerprint density at radius 1 is 1.21 bits per heavy atom. The number of rotatable bonds is 8. The van der Waals surface area contributed by atoms with E-state index in [1.54, 1.807) is 20.1 Å². The molecular formula is C19H22O5. The molecule has 128 valence electrons. The molecule has 24 heavy (non-hydrogen) atoms. The van der Waals surface area contributed by atoms with Gasteiger partial charge in [-0.25, -0.2) is 4.79 Å². The molecule has 0 saturated heterocycles. The van der Waals surface area contributed by atoms with Crippen LogP contribution in [-0.4, -0.2) is 30.9 Å². The normalized spacial score (nSPS) is 11.8. The lowest BCUT2D eigenvalue weighted by molar-refractivity contribution is 0.0692. The third-order valence-corrected chi connectivity index (χ3v) is 3.54. The van der Waals surface area contributed by atoms with E-state index in [9.17, 15) is 9.90 Å². The first-order valence-corrected chi connectivity index (χ1v) is 7.71. The van der Waals surface area contributed by atoms with Gasteiger partial charge in [0.1, 0.15) is 24.2 Å². The third kappa shape index (κ3) is 4.73. The van der Waals surface area contributed by atoms with Gasteiger partial charge in [0.05, 0.1) is 12.2 Å². The van der Waals surface area contributed by atoms with E-state index in [-0.39, 0.29) is 11.7 Å². The monoisotopic (exact) mass is 330 g/mol. The summed E-state index contributed by atoms with van der Waals surface area (Å²) < 4.78 is 16.6. The van der Waals surface area contributed by atoms with Gasteiger partial charge in [-0.2, -0.15) is 0 Å². The maximum absolute atomic E-state index is 11.5. The number of carbonyl (C=O) groups is 1. The van der Waals surface area contributed by atoms with Crippen LogP contribution in [-0.2, 0) is 11.3 Å². The highest BCUT2D eigenvalue weighted by atomic mass is 16.5. The predicted octanol–water partition coefficient (Wildman–Crippen LogP) is 3.69. The van der Waals surface area contributed by atoms with E-state index >= 15 is 0 Å². The second-order valence-corrected chi connectivity index (χ2v) is 5.56. The quantitative estimate of drug-likeness (QED) is 0.800. The standard InChI is InChI=1S/C19H22O5/c1-13(11-22-3)24-18-10-16(9-17(14(18)2)19(20)21)23-12-15-7-5-4-6-8-15/h4-10,13H,11-12H2,1-3H3,(H,20,21)/t13-/m0/s1. The zero-order valence-corrected chi connectivity index (χ0v) is 14.1. The molecule has 0 saturated carbocycles. The molecule has 2 aromatic rings. The third-order valence-electron chi connectivity index (χ3n) is 3.54. The lowest BCUT2D eigenvalue weighted by Gasteiger charge is -2.18. The van der Waals surface area contributed by atoms with E-state index < -0.39 is 5.97 Å². The second-order valence-electron chi connectivity index (χ2n) is 5.56. The average molecular weight is 330 g/mol. The van der Waals surface area contributed by atoms with Crippen molar-refractivity contribution in [3.63, 3.8) is 0 Å². The van der Waals surface area contributed by atoms with Crippen LogP contribution in [0.3, 0.4) is 0 Å². The fourth-order valence-electron chi connectivity index (χ4n) is 2.32. The van der Waals surface area contributed by atoms with Crippen molar-refractivity contribution in [2.24, 2.45) is 0 Å². The number of carboxylic acids is 1. The van der Waals surface area contributed by atoms with Crippen molar-refractivity contribution in [3.8, 4) is 11.5 Å². The minimum atomic E-state index is -1.01. The molecule has 0 bridgehead atoms. The molecule has 0 aromatic heterocycles. The van der Waals surface area contributed by atoms with Gasteiger partial charge in [-0.3, -0.25) is 0 Å². The highest BCUT2D eigenvalue weighted by Crippen LogP contribution is 2.30. The van der Waals surface area contributed by atoms with Gasteiger partial charge in [0.15, 0.2) is 0 Å². The summed E-state index contributed by atoms with van der Waals surface area (Å²) in [7, 11) is 1.59. The SMILES string of the molecule is COC[C@H](C)Oc1cc(OCc2ccccc2)cc(C(=O)O)c1C. The minimum absolute atomic E-state index is 0.167. The van der Waals surface area contributed by atoms with Crippen LogP contribution in [0, 0.1) is 6.92 Å². The summed E-state index contributed by atoms with van der Waals surface area (Å²) in [5, 5.41) is 9.40. The maximum atomic E-state index is 11.5. The van der Waals surface area contributed by atoms with Crippen molar-refractivity contribution in [2.45, 2.75) is 26.6 Å². The Balaban J connectivity index is 2.23. The highest BCUT2D eigenvalue weighted by Gasteiger charge is 2.16. The van der Waals surface area contributed by atoms with Crippen LogP contribution < -0.4 is 9.47 Å². The number of carboxylic acid groups (broad SMARTS) is 1. The Hall–Kier alpha value is -2.53. The van der Waals surface area contributed by atoms with Crippen LogP contribution in [0.25, 0.3) is 0 Å². The fourth-order valence-corrected chi connectivity index (χ4v) is 2.32. The molecule has 0 radical (unpaired) electrons. The number of hydrogen-bond acceptors (Lipinski definition) is 4. The van der Waals surface area contributed by atoms with Gasteiger partial charge in [-0.05, 0) is 25.5 Å². The Morgan fingerprint density at radius 2 is 1.92 bits per heavy atom. The van der Waals surface area contributed by atoms with Crippen LogP contribution in [0.15, 0.2) is 42.5 Å². The Labute approximate surface area is 141 Å². The van der Waals surface area contributed by atoms with Gasteiger partial charge in [0.2, 0.25) is 0 Å². The van der Waals surface area contributed by atoms with Crippen LogP contribution in [0.5, 0.6) is 11.5 Å². The minimum Gasteiger partial charge on any atom is -0.489 e. The highest BCUT2D eigenvalue weighted by molar-refractivity contribution is 5.90. The molecule has 5 heteroatoms. The molecule has 2 aromatic carbocycles. The van der Waals surface area contributed by atoms with Gasteiger partial charge in [0, 0.05) is 18.7 Å². The van der Waals surface area contributed by atoms with Gasteiger partial charge in [-0.15, -0.1) is 0 Å². The number of methoxy groups -OCH3 is 1. The first-order chi connectivity index (χ1) is 11.5. The molecule has 5 nitrogen and oxygen atoms in total. The lowest BCUT2D eigenvalue weighted by Crippen LogP contribution is -2.19. The van der Waals surface area contributed by atoms with Crippen molar-refractivity contribution in [1.82, 2.24) is 0 Å². The molecule has 0 amide bonds. The number of hydrogen-bond donors (Lipinski definition) is 1. The van der Waals surface area contributed by atoms with E-state index in [4.69, 9.17) is 14.2 Å². The van der Waals surface area contributed by atoms with E-state index in [0.717, 1.165) is 5.56 Å². The molecule has 0 aliphatic heterocycles. The molecule has 0 aliphatic rings. The second kappa shape index (κ2) is 8.36. The summed E-state index contributed by atoms with van der Waals surface area (Å²) in [6.07, 6.45) is -0.195. The fraction of sp³-hybridized carbons (Fsp3) is 0.316. The number of aromatic carboxylic acids is 1. The Bertz CT molecular complexity index is 682. The van der Waals surface area contributed by atoms with E-state index in [2.05, 4.69) is 0 Å². The summed E-state index contributed by atoms with van der Waals surface area (Å²) in [4.78, 5) is 11.5. The molecule has 0 spiro atoms. The van der Waals surface area contributed by atoms with Gasteiger partial charge >= 0.3 is 5.97 Å². The molecule has 0 fully saturated rings. The van der Waals surface area contributed by atoms with Crippen LogP contribution in [0.1, 0.15) is 28.4 Å². The molecule has 0 aliphatic carbocycles. The van der Waals surface area contributed by atoms with Gasteiger partial charge in [0.25, 0.3) is 0 Å². The van der Waals surface area contributed by atoms with Crippen LogP contribution in [0.2, 0.25) is 0 Å². The average Bonchev–Trinajstić information content (AvgIpc) is 2.56. The van der Waals surface area contributed by atoms with Crippen molar-refractivity contribution < 1.29 is 24.1 Å². The lowest BCUT2D eigenvalue weighted by atomic mass is 10.1. The van der Waals surface area contributed by atoms with Crippen LogP contribution >= 0.6 is 0 Å². The maximum Gasteiger partial charge on any atom is 0.336 e. The van der Waals surface area contributed by atoms with Gasteiger partial charge < -0.3 is 19.3 Å². The zero-order valence-electron chi connectivity index (χ0n) is 14.1. The van der Waals surface area contributed by atoms with Gasteiger partial charge in [-0.1, -0.05) is 30.3 Å². The first kappa shape index (κ1) is 17.8. The molecule has 2 rings (SSSR count). The Morgan fingerprint density at radius 3 is 2.54 bits per heavy atom. The molecule has 1 N–H and O–H groups in total. The van der Waals surface area contributed by atoms with Crippen LogP contribution in [0.4, 0.5) is 0 Å². The zero-order chi connectivity index (χ0) is 17.5. The molecular weight excluding hydrogens is 308 g/mol. The topological polar surface area (TPSA) is 65.0 Å². The molecule has 0 unspecified atom stereocenters. The van der Waals surface area contributed by atoms with E-state index in [0.29, 0.717) is 30.3 Å². The molecule has 0 heterocycles. The number of ether oxygens (including phenoxy) is 3. The molecule has 1 atom stereocenters. The van der Waals surface area contributed by atoms with Crippen molar-refractivity contribution >= 4 is 5.97 Å². The van der Waals surface area contributed by atoms with E-state index in [1.807, 2.05) is 37.3 Å². The van der Waals surface area contributed by atoms with E-state index in [1.165, 1.54) is 6.07 Å². The van der Waals surface area contributed by atoms with Crippen molar-refractivity contribution in [3.05, 3.63) is 59.2 Å². The first-order valence-electron chi connectivity index (χ1n) is 7.71. The number of benzene rings is 2. The summed E-state index contributed by atoms with van der Waals surface area (Å²) in [6.45, 7) is 4.35. The summed E-state index contributed by atoms with van der Waals surface area (Å²) in [6, 6.07) is 12.9. The summed E-state index contributed by atoms with van der Waals surface area (Å²) >= 11 is 0.